The van der Waals surface area contributed by atoms with Crippen molar-refractivity contribution >= 4 is 17.7 Å². The molecule has 4 nitrogen and oxygen atoms in total. The highest BCUT2D eigenvalue weighted by molar-refractivity contribution is 5.96. The second-order valence-electron chi connectivity index (χ2n) is 3.41. The summed E-state index contributed by atoms with van der Waals surface area (Å²) in [5.74, 6) is 1.61. The summed E-state index contributed by atoms with van der Waals surface area (Å²) in [6, 6.07) is 5.82. The molecule has 0 bridgehead atoms. The lowest BCUT2D eigenvalue weighted by atomic mass is 10.1. The van der Waals surface area contributed by atoms with Gasteiger partial charge in [-0.1, -0.05) is 18.7 Å². The predicted octanol–water partition coefficient (Wildman–Crippen LogP) is 1.71. The predicted molar refractivity (Wildman–Crippen MR) is 67.0 cm³/mol. The van der Waals surface area contributed by atoms with Gasteiger partial charge in [-0.2, -0.15) is 0 Å². The third-order valence-electron chi connectivity index (χ3n) is 2.42. The van der Waals surface area contributed by atoms with E-state index in [0.717, 1.165) is 36.0 Å². The van der Waals surface area contributed by atoms with Gasteiger partial charge in [0.15, 0.2) is 5.96 Å². The molecule has 4 heteroatoms. The lowest BCUT2D eigenvalue weighted by molar-refractivity contribution is 0.414. The lowest BCUT2D eigenvalue weighted by Crippen LogP contribution is -2.26. The summed E-state index contributed by atoms with van der Waals surface area (Å²) in [7, 11) is 1.65. The van der Waals surface area contributed by atoms with Crippen molar-refractivity contribution in [3.8, 4) is 5.75 Å². The van der Waals surface area contributed by atoms with E-state index in [2.05, 4.69) is 22.2 Å². The molecule has 0 aliphatic carbocycles. The maximum Gasteiger partial charge on any atom is 0.195 e. The molecule has 0 radical (unpaired) electrons. The van der Waals surface area contributed by atoms with Crippen molar-refractivity contribution in [2.45, 2.75) is 0 Å². The monoisotopic (exact) mass is 217 g/mol. The van der Waals surface area contributed by atoms with Crippen LogP contribution in [0, 0.1) is 0 Å². The molecule has 0 aromatic heterocycles. The van der Waals surface area contributed by atoms with Gasteiger partial charge in [-0.05, 0) is 12.1 Å². The smallest absolute Gasteiger partial charge is 0.195 e. The van der Waals surface area contributed by atoms with Gasteiger partial charge in [0.1, 0.15) is 5.75 Å². The van der Waals surface area contributed by atoms with E-state index in [4.69, 9.17) is 4.74 Å². The van der Waals surface area contributed by atoms with Gasteiger partial charge >= 0.3 is 0 Å². The van der Waals surface area contributed by atoms with Crippen molar-refractivity contribution in [3.63, 3.8) is 0 Å². The van der Waals surface area contributed by atoms with Gasteiger partial charge in [-0.3, -0.25) is 4.99 Å². The van der Waals surface area contributed by atoms with Crippen molar-refractivity contribution in [2.24, 2.45) is 4.99 Å². The molecule has 1 aromatic carbocycles. The summed E-state index contributed by atoms with van der Waals surface area (Å²) in [4.78, 5) is 4.28. The van der Waals surface area contributed by atoms with E-state index in [1.54, 1.807) is 13.2 Å². The van der Waals surface area contributed by atoms with Crippen LogP contribution in [0.4, 0.5) is 5.69 Å². The van der Waals surface area contributed by atoms with Crippen LogP contribution < -0.4 is 15.4 Å². The van der Waals surface area contributed by atoms with Crippen LogP contribution in [0.1, 0.15) is 5.56 Å². The Morgan fingerprint density at radius 2 is 2.44 bits per heavy atom. The first-order valence-corrected chi connectivity index (χ1v) is 5.20. The Morgan fingerprint density at radius 3 is 3.06 bits per heavy atom. The highest BCUT2D eigenvalue weighted by Gasteiger charge is 2.09. The van der Waals surface area contributed by atoms with Crippen LogP contribution in [0.25, 0.3) is 6.08 Å². The molecule has 16 heavy (non-hydrogen) atoms. The van der Waals surface area contributed by atoms with Crippen molar-refractivity contribution in [1.82, 2.24) is 5.32 Å². The normalized spacial score (nSPS) is 13.9. The molecule has 0 amide bonds. The minimum absolute atomic E-state index is 0.802. The van der Waals surface area contributed by atoms with Crippen LogP contribution in [0.2, 0.25) is 0 Å². The van der Waals surface area contributed by atoms with Gasteiger partial charge in [0.05, 0.1) is 19.3 Å². The molecule has 0 unspecified atom stereocenters. The number of hydrogen-bond acceptors (Lipinski definition) is 4. The first-order valence-electron chi connectivity index (χ1n) is 5.20. The number of aliphatic imine (C=N–C) groups is 1. The summed E-state index contributed by atoms with van der Waals surface area (Å²) in [5, 5.41) is 6.38. The van der Waals surface area contributed by atoms with Gasteiger partial charge in [-0.15, -0.1) is 0 Å². The number of ether oxygens (including phenoxy) is 1. The fraction of sp³-hybridized carbons (Fsp3) is 0.250. The van der Waals surface area contributed by atoms with E-state index in [-0.39, 0.29) is 0 Å². The van der Waals surface area contributed by atoms with Gasteiger partial charge in [-0.25, -0.2) is 0 Å². The second kappa shape index (κ2) is 4.70. The molecule has 1 aromatic rings. The zero-order valence-corrected chi connectivity index (χ0v) is 9.29. The molecule has 1 aliphatic heterocycles. The van der Waals surface area contributed by atoms with Crippen molar-refractivity contribution in [2.75, 3.05) is 25.5 Å². The zero-order valence-electron chi connectivity index (χ0n) is 9.29. The maximum absolute atomic E-state index is 5.27. The number of nitrogens with zero attached hydrogens (tertiary/aromatic N) is 1. The molecule has 1 aliphatic rings. The number of guanidine groups is 1. The second-order valence-corrected chi connectivity index (χ2v) is 3.41. The molecular formula is C12H15N3O. The lowest BCUT2D eigenvalue weighted by Gasteiger charge is -2.12. The topological polar surface area (TPSA) is 45.7 Å². The van der Waals surface area contributed by atoms with E-state index in [1.165, 1.54) is 0 Å². The number of nitrogens with one attached hydrogen (secondary N) is 2. The zero-order chi connectivity index (χ0) is 11.4. The van der Waals surface area contributed by atoms with E-state index < -0.39 is 0 Å². The van der Waals surface area contributed by atoms with E-state index >= 15 is 0 Å². The maximum atomic E-state index is 5.27. The standard InChI is InChI=1S/C12H15N3O/c1-3-9-10(5-4-6-11(9)16-2)15-12-13-7-8-14-12/h3-6H,1,7-8H2,2H3,(H2,13,14,15). The molecule has 0 spiro atoms. The Balaban J connectivity index is 2.28. The number of anilines is 1. The quantitative estimate of drug-likeness (QED) is 0.810. The third-order valence-corrected chi connectivity index (χ3v) is 2.42. The molecular weight excluding hydrogens is 202 g/mol. The van der Waals surface area contributed by atoms with Crippen LogP contribution in [0.3, 0.4) is 0 Å². The summed E-state index contributed by atoms with van der Waals surface area (Å²) in [5.41, 5.74) is 1.89. The average Bonchev–Trinajstić information content (AvgIpc) is 2.81. The fourth-order valence-electron chi connectivity index (χ4n) is 1.65. The number of rotatable bonds is 3. The molecule has 0 fully saturated rings. The largest absolute Gasteiger partial charge is 0.496 e. The first-order chi connectivity index (χ1) is 7.85. The Bertz CT molecular complexity index is 426. The van der Waals surface area contributed by atoms with Crippen molar-refractivity contribution < 1.29 is 4.74 Å². The summed E-state index contributed by atoms with van der Waals surface area (Å²) in [6.45, 7) is 5.49. The fourth-order valence-corrected chi connectivity index (χ4v) is 1.65. The molecule has 0 saturated heterocycles. The molecule has 0 atom stereocenters. The Kier molecular flexibility index (Phi) is 3.10. The van der Waals surface area contributed by atoms with Crippen molar-refractivity contribution in [3.05, 3.63) is 30.3 Å². The summed E-state index contributed by atoms with van der Waals surface area (Å²) >= 11 is 0. The van der Waals surface area contributed by atoms with Crippen LogP contribution in [0.5, 0.6) is 5.75 Å². The molecule has 1 heterocycles. The van der Waals surface area contributed by atoms with Crippen molar-refractivity contribution in [1.29, 1.82) is 0 Å². The van der Waals surface area contributed by atoms with Crippen LogP contribution in [-0.2, 0) is 0 Å². The molecule has 2 rings (SSSR count). The van der Waals surface area contributed by atoms with E-state index in [1.807, 2.05) is 18.2 Å². The number of methoxy groups -OCH3 is 1. The Morgan fingerprint density at radius 1 is 1.56 bits per heavy atom. The molecule has 2 N–H and O–H groups in total. The number of benzene rings is 1. The average molecular weight is 217 g/mol. The highest BCUT2D eigenvalue weighted by atomic mass is 16.5. The van der Waals surface area contributed by atoms with Crippen LogP contribution >= 0.6 is 0 Å². The van der Waals surface area contributed by atoms with Crippen LogP contribution in [0.15, 0.2) is 29.8 Å². The minimum atomic E-state index is 0.802. The minimum Gasteiger partial charge on any atom is -0.496 e. The summed E-state index contributed by atoms with van der Waals surface area (Å²) < 4.78 is 5.27. The Hall–Kier alpha value is -1.97. The SMILES string of the molecule is C=Cc1c(NC2=NCCN2)cccc1OC. The van der Waals surface area contributed by atoms with Crippen LogP contribution in [-0.4, -0.2) is 26.2 Å². The summed E-state index contributed by atoms with van der Waals surface area (Å²) in [6.07, 6.45) is 1.77. The Labute approximate surface area is 95.0 Å². The molecule has 84 valence electrons. The number of hydrogen-bond donors (Lipinski definition) is 2. The third kappa shape index (κ3) is 2.00. The van der Waals surface area contributed by atoms with E-state index in [0.29, 0.717) is 0 Å². The first kappa shape index (κ1) is 10.5. The highest BCUT2D eigenvalue weighted by Crippen LogP contribution is 2.27. The van der Waals surface area contributed by atoms with Gasteiger partial charge in [0.25, 0.3) is 0 Å². The van der Waals surface area contributed by atoms with E-state index in [9.17, 15) is 0 Å². The van der Waals surface area contributed by atoms with Gasteiger partial charge in [0, 0.05) is 12.1 Å². The van der Waals surface area contributed by atoms with Gasteiger partial charge < -0.3 is 15.4 Å². The van der Waals surface area contributed by atoms with Gasteiger partial charge in [0.2, 0.25) is 0 Å². The molecule has 0 saturated carbocycles.